The van der Waals surface area contributed by atoms with Crippen molar-refractivity contribution in [3.05, 3.63) is 65.2 Å². The van der Waals surface area contributed by atoms with Gasteiger partial charge in [-0.3, -0.25) is 9.59 Å². The minimum absolute atomic E-state index is 0.108. The summed E-state index contributed by atoms with van der Waals surface area (Å²) >= 11 is 0. The number of rotatable bonds is 8. The molecule has 0 fully saturated rings. The zero-order valence-electron chi connectivity index (χ0n) is 15.0. The van der Waals surface area contributed by atoms with Crippen molar-refractivity contribution in [1.82, 2.24) is 10.6 Å². The number of aliphatic hydroxyl groups is 1. The van der Waals surface area contributed by atoms with Gasteiger partial charge in [0.15, 0.2) is 0 Å². The topological polar surface area (TPSA) is 87.7 Å². The van der Waals surface area contributed by atoms with Gasteiger partial charge in [0.2, 0.25) is 5.91 Å². The van der Waals surface area contributed by atoms with Crippen LogP contribution in [0.25, 0.3) is 0 Å². The molecule has 1 atom stereocenters. The summed E-state index contributed by atoms with van der Waals surface area (Å²) in [6, 6.07) is 14.3. The number of hydrogen-bond donors (Lipinski definition) is 3. The van der Waals surface area contributed by atoms with Gasteiger partial charge in [-0.15, -0.1) is 0 Å². The van der Waals surface area contributed by atoms with Crippen LogP contribution in [-0.2, 0) is 4.79 Å². The fourth-order valence-corrected chi connectivity index (χ4v) is 2.46. The van der Waals surface area contributed by atoms with Crippen LogP contribution >= 0.6 is 0 Å². The first-order valence-electron chi connectivity index (χ1n) is 8.44. The fourth-order valence-electron chi connectivity index (χ4n) is 2.46. The van der Waals surface area contributed by atoms with Crippen molar-refractivity contribution in [2.24, 2.45) is 0 Å². The lowest BCUT2D eigenvalue weighted by molar-refractivity contribution is -0.121. The Kier molecular flexibility index (Phi) is 7.17. The van der Waals surface area contributed by atoms with Crippen molar-refractivity contribution >= 4 is 11.8 Å². The van der Waals surface area contributed by atoms with E-state index in [1.165, 1.54) is 0 Å². The molecule has 0 aliphatic rings. The Morgan fingerprint density at radius 3 is 2.42 bits per heavy atom. The molecule has 6 heteroatoms. The van der Waals surface area contributed by atoms with Gasteiger partial charge in [-0.1, -0.05) is 30.3 Å². The first kappa shape index (κ1) is 19.5. The minimum Gasteiger partial charge on any atom is -0.497 e. The molecule has 2 rings (SSSR count). The van der Waals surface area contributed by atoms with Crippen molar-refractivity contribution in [2.75, 3.05) is 20.2 Å². The van der Waals surface area contributed by atoms with Gasteiger partial charge in [-0.2, -0.15) is 0 Å². The van der Waals surface area contributed by atoms with Crippen LogP contribution < -0.4 is 15.4 Å². The monoisotopic (exact) mass is 356 g/mol. The normalized spacial score (nSPS) is 11.5. The number of carbonyl (C=O) groups is 2. The number of aryl methyl sites for hydroxylation is 1. The Morgan fingerprint density at radius 1 is 1.08 bits per heavy atom. The van der Waals surface area contributed by atoms with E-state index in [0.717, 1.165) is 5.56 Å². The second-order valence-electron chi connectivity index (χ2n) is 5.91. The van der Waals surface area contributed by atoms with Crippen LogP contribution in [0.1, 0.15) is 34.0 Å². The van der Waals surface area contributed by atoms with Gasteiger partial charge in [-0.25, -0.2) is 0 Å². The van der Waals surface area contributed by atoms with Crippen molar-refractivity contribution < 1.29 is 19.4 Å². The van der Waals surface area contributed by atoms with E-state index in [2.05, 4.69) is 10.6 Å². The molecule has 26 heavy (non-hydrogen) atoms. The first-order valence-corrected chi connectivity index (χ1v) is 8.44. The van der Waals surface area contributed by atoms with Crippen molar-refractivity contribution in [2.45, 2.75) is 19.4 Å². The van der Waals surface area contributed by atoms with Crippen LogP contribution in [0.5, 0.6) is 5.75 Å². The molecule has 0 radical (unpaired) electrons. The summed E-state index contributed by atoms with van der Waals surface area (Å²) in [6.07, 6.45) is -0.654. The van der Waals surface area contributed by atoms with E-state index in [-0.39, 0.29) is 31.3 Å². The van der Waals surface area contributed by atoms with Gasteiger partial charge in [0, 0.05) is 25.1 Å². The average molecular weight is 356 g/mol. The standard InChI is InChI=1S/C20H24N2O4/c1-14-5-3-4-6-17(14)20(25)21-12-11-19(24)22-13-18(23)15-7-9-16(26-2)10-8-15/h3-10,18,23H,11-13H2,1-2H3,(H,21,25)(H,22,24). The molecule has 0 bridgehead atoms. The molecule has 0 aromatic heterocycles. The number of ether oxygens (including phenoxy) is 1. The predicted octanol–water partition coefficient (Wildman–Crippen LogP) is 1.97. The number of hydrogen-bond acceptors (Lipinski definition) is 4. The predicted molar refractivity (Wildman–Crippen MR) is 99.1 cm³/mol. The number of aliphatic hydroxyl groups excluding tert-OH is 1. The lowest BCUT2D eigenvalue weighted by atomic mass is 10.1. The van der Waals surface area contributed by atoms with Gasteiger partial charge in [0.1, 0.15) is 5.75 Å². The fraction of sp³-hybridized carbons (Fsp3) is 0.300. The molecule has 0 spiro atoms. The van der Waals surface area contributed by atoms with E-state index in [9.17, 15) is 14.7 Å². The maximum Gasteiger partial charge on any atom is 0.251 e. The van der Waals surface area contributed by atoms with Gasteiger partial charge >= 0.3 is 0 Å². The molecule has 6 nitrogen and oxygen atoms in total. The summed E-state index contributed by atoms with van der Waals surface area (Å²) in [5, 5.41) is 15.5. The Bertz CT molecular complexity index is 744. The van der Waals surface area contributed by atoms with Crippen LogP contribution in [0.2, 0.25) is 0 Å². The van der Waals surface area contributed by atoms with E-state index in [4.69, 9.17) is 4.74 Å². The third-order valence-electron chi connectivity index (χ3n) is 4.02. The van der Waals surface area contributed by atoms with Crippen molar-refractivity contribution in [3.8, 4) is 5.75 Å². The second kappa shape index (κ2) is 9.58. The number of amides is 2. The minimum atomic E-state index is -0.800. The maximum atomic E-state index is 12.1. The zero-order valence-corrected chi connectivity index (χ0v) is 15.0. The Hall–Kier alpha value is -2.86. The van der Waals surface area contributed by atoms with E-state index in [1.807, 2.05) is 19.1 Å². The highest BCUT2D eigenvalue weighted by Gasteiger charge is 2.11. The van der Waals surface area contributed by atoms with Crippen LogP contribution in [0, 0.1) is 6.92 Å². The highest BCUT2D eigenvalue weighted by molar-refractivity contribution is 5.95. The summed E-state index contributed by atoms with van der Waals surface area (Å²) < 4.78 is 5.06. The van der Waals surface area contributed by atoms with E-state index < -0.39 is 6.10 Å². The van der Waals surface area contributed by atoms with Gasteiger partial charge in [0.05, 0.1) is 13.2 Å². The average Bonchev–Trinajstić information content (AvgIpc) is 2.66. The zero-order chi connectivity index (χ0) is 18.9. The molecular weight excluding hydrogens is 332 g/mol. The van der Waals surface area contributed by atoms with Crippen LogP contribution in [-0.4, -0.2) is 37.1 Å². The number of benzene rings is 2. The number of carbonyl (C=O) groups excluding carboxylic acids is 2. The summed E-state index contributed by atoms with van der Waals surface area (Å²) in [4.78, 5) is 23.9. The molecule has 0 saturated carbocycles. The Labute approximate surface area is 153 Å². The smallest absolute Gasteiger partial charge is 0.251 e. The Balaban J connectivity index is 1.71. The molecule has 3 N–H and O–H groups in total. The summed E-state index contributed by atoms with van der Waals surface area (Å²) in [6.45, 7) is 2.21. The second-order valence-corrected chi connectivity index (χ2v) is 5.91. The van der Waals surface area contributed by atoms with Crippen molar-refractivity contribution in [1.29, 1.82) is 0 Å². The molecule has 2 amide bonds. The molecule has 0 heterocycles. The molecule has 1 unspecified atom stereocenters. The molecule has 2 aromatic rings. The van der Waals surface area contributed by atoms with Crippen LogP contribution in [0.4, 0.5) is 0 Å². The third kappa shape index (κ3) is 5.60. The Morgan fingerprint density at radius 2 is 1.77 bits per heavy atom. The summed E-state index contributed by atoms with van der Waals surface area (Å²) in [5.74, 6) is 0.270. The first-order chi connectivity index (χ1) is 12.5. The summed E-state index contributed by atoms with van der Waals surface area (Å²) in [7, 11) is 1.57. The van der Waals surface area contributed by atoms with Crippen LogP contribution in [0.3, 0.4) is 0 Å². The van der Waals surface area contributed by atoms with Gasteiger partial charge in [0.25, 0.3) is 5.91 Å². The lowest BCUT2D eigenvalue weighted by Crippen LogP contribution is -2.33. The highest BCUT2D eigenvalue weighted by Crippen LogP contribution is 2.16. The molecular formula is C20H24N2O4. The molecule has 0 saturated heterocycles. The SMILES string of the molecule is COc1ccc(C(O)CNC(=O)CCNC(=O)c2ccccc2C)cc1. The van der Waals surface area contributed by atoms with E-state index in [1.54, 1.807) is 43.5 Å². The molecule has 138 valence electrons. The molecule has 0 aliphatic carbocycles. The van der Waals surface area contributed by atoms with E-state index in [0.29, 0.717) is 16.9 Å². The third-order valence-corrected chi connectivity index (χ3v) is 4.02. The molecule has 0 aliphatic heterocycles. The number of methoxy groups -OCH3 is 1. The van der Waals surface area contributed by atoms with Gasteiger partial charge in [-0.05, 0) is 36.2 Å². The largest absolute Gasteiger partial charge is 0.497 e. The lowest BCUT2D eigenvalue weighted by Gasteiger charge is -2.13. The van der Waals surface area contributed by atoms with Crippen molar-refractivity contribution in [3.63, 3.8) is 0 Å². The number of nitrogens with one attached hydrogen (secondary N) is 2. The maximum absolute atomic E-state index is 12.1. The molecule has 2 aromatic carbocycles. The quantitative estimate of drug-likeness (QED) is 0.675. The van der Waals surface area contributed by atoms with Crippen LogP contribution in [0.15, 0.2) is 48.5 Å². The van der Waals surface area contributed by atoms with Gasteiger partial charge < -0.3 is 20.5 Å². The highest BCUT2D eigenvalue weighted by atomic mass is 16.5. The summed E-state index contributed by atoms with van der Waals surface area (Å²) in [5.41, 5.74) is 2.18. The van der Waals surface area contributed by atoms with E-state index >= 15 is 0 Å².